The fraction of sp³-hybridized carbons (Fsp3) is 0.333. The molecule has 1 aromatic heterocycles. The van der Waals surface area contributed by atoms with Gasteiger partial charge in [0.2, 0.25) is 11.3 Å². The third kappa shape index (κ3) is 6.25. The molecular weight excluding hydrogens is 468 g/mol. The fourth-order valence-corrected chi connectivity index (χ4v) is 4.54. The number of hydrogen-bond acceptors (Lipinski definition) is 4. The zero-order chi connectivity index (χ0) is 24.9. The number of amides is 3. The van der Waals surface area contributed by atoms with E-state index in [1.165, 1.54) is 0 Å². The minimum atomic E-state index is -2.08. The highest BCUT2D eigenvalue weighted by molar-refractivity contribution is 7.77. The number of likely N-dealkylation sites (tertiary alicyclic amines) is 1. The highest BCUT2D eigenvalue weighted by Crippen LogP contribution is 2.26. The third-order valence-corrected chi connectivity index (χ3v) is 6.56. The summed E-state index contributed by atoms with van der Waals surface area (Å²) in [7, 11) is 4.08. The first-order valence-electron chi connectivity index (χ1n) is 11.4. The number of H-pyrrole nitrogens is 1. The highest BCUT2D eigenvalue weighted by atomic mass is 32.2. The molecule has 1 saturated heterocycles. The van der Waals surface area contributed by atoms with Crippen LogP contribution in [-0.2, 0) is 17.8 Å². The van der Waals surface area contributed by atoms with Crippen molar-refractivity contribution in [3.05, 3.63) is 59.8 Å². The van der Waals surface area contributed by atoms with Gasteiger partial charge in [-0.25, -0.2) is 13.7 Å². The summed E-state index contributed by atoms with van der Waals surface area (Å²) in [6, 6.07) is 14.1. The van der Waals surface area contributed by atoms with Crippen molar-refractivity contribution in [1.29, 1.82) is 0 Å². The fourth-order valence-electron chi connectivity index (χ4n) is 4.25. The molecule has 10 nitrogen and oxygen atoms in total. The van der Waals surface area contributed by atoms with E-state index in [1.807, 2.05) is 31.1 Å². The Hall–Kier alpha value is -3.25. The van der Waals surface area contributed by atoms with Crippen LogP contribution in [0.15, 0.2) is 48.5 Å². The standard InChI is InChI=1S/C24H30N6O4S/c1-29(2)18-5-4-12-30(15-18)23(31)22-13-19-20(27-22)6-3-7-21(19)28-24(32)26-17-10-8-16(9-11-17)14-25-35(33)34/h3,6-11,13,18,25,27H,4-5,12,14-15H2,1-2H3,(H,33,34)(H2,26,28,32). The van der Waals surface area contributed by atoms with Gasteiger partial charge in [0, 0.05) is 42.3 Å². The van der Waals surface area contributed by atoms with Gasteiger partial charge >= 0.3 is 6.03 Å². The van der Waals surface area contributed by atoms with Gasteiger partial charge in [-0.1, -0.05) is 18.2 Å². The van der Waals surface area contributed by atoms with Crippen molar-refractivity contribution in [2.45, 2.75) is 25.4 Å². The van der Waals surface area contributed by atoms with E-state index in [2.05, 4.69) is 25.2 Å². The maximum Gasteiger partial charge on any atom is 0.323 e. The van der Waals surface area contributed by atoms with E-state index in [4.69, 9.17) is 4.55 Å². The molecule has 2 atom stereocenters. The van der Waals surface area contributed by atoms with Gasteiger partial charge in [0.05, 0.1) is 5.69 Å². The van der Waals surface area contributed by atoms with E-state index in [0.29, 0.717) is 29.7 Å². The number of carbonyl (C=O) groups is 2. The van der Waals surface area contributed by atoms with Crippen molar-refractivity contribution in [2.24, 2.45) is 0 Å². The van der Waals surface area contributed by atoms with E-state index in [9.17, 15) is 13.8 Å². The lowest BCUT2D eigenvalue weighted by atomic mass is 10.0. The van der Waals surface area contributed by atoms with Gasteiger partial charge < -0.3 is 25.4 Å². The second-order valence-corrected chi connectivity index (χ2v) is 9.59. The number of fused-ring (bicyclic) bond motifs is 1. The van der Waals surface area contributed by atoms with E-state index >= 15 is 0 Å². The minimum Gasteiger partial charge on any atom is -0.350 e. The minimum absolute atomic E-state index is 0.0391. The number of rotatable bonds is 7. The summed E-state index contributed by atoms with van der Waals surface area (Å²) in [5.41, 5.74) is 3.24. The second-order valence-electron chi connectivity index (χ2n) is 8.81. The molecule has 35 heavy (non-hydrogen) atoms. The highest BCUT2D eigenvalue weighted by Gasteiger charge is 2.26. The van der Waals surface area contributed by atoms with Crippen LogP contribution >= 0.6 is 0 Å². The maximum atomic E-state index is 13.2. The van der Waals surface area contributed by atoms with E-state index in [0.717, 1.165) is 35.9 Å². The lowest BCUT2D eigenvalue weighted by Crippen LogP contribution is -2.47. The molecule has 3 aromatic rings. The Bertz CT molecular complexity index is 1230. The maximum absolute atomic E-state index is 13.2. The first kappa shape index (κ1) is 24.9. The Balaban J connectivity index is 1.43. The number of aromatic amines is 1. The quantitative estimate of drug-likeness (QED) is 0.320. The molecule has 0 bridgehead atoms. The summed E-state index contributed by atoms with van der Waals surface area (Å²) in [4.78, 5) is 33.0. The van der Waals surface area contributed by atoms with Crippen LogP contribution < -0.4 is 15.4 Å². The second kappa shape index (κ2) is 11.0. The molecule has 4 rings (SSSR count). The molecule has 186 valence electrons. The number of likely N-dealkylation sites (N-methyl/N-ethyl adjacent to an activating group) is 1. The summed E-state index contributed by atoms with van der Waals surface area (Å²) in [5, 5.41) is 6.38. The third-order valence-electron chi connectivity index (χ3n) is 6.17. The van der Waals surface area contributed by atoms with Crippen molar-refractivity contribution in [3.63, 3.8) is 0 Å². The molecule has 0 saturated carbocycles. The van der Waals surface area contributed by atoms with Crippen molar-refractivity contribution in [3.8, 4) is 0 Å². The number of benzene rings is 2. The van der Waals surface area contributed by atoms with Crippen molar-refractivity contribution in [1.82, 2.24) is 19.5 Å². The lowest BCUT2D eigenvalue weighted by molar-refractivity contribution is 0.0630. The zero-order valence-corrected chi connectivity index (χ0v) is 20.5. The molecule has 1 fully saturated rings. The molecule has 2 unspecified atom stereocenters. The molecule has 1 aliphatic heterocycles. The topological polar surface area (TPSA) is 130 Å². The number of nitrogens with zero attached hydrogens (tertiary/aromatic N) is 2. The Morgan fingerprint density at radius 3 is 2.66 bits per heavy atom. The van der Waals surface area contributed by atoms with Crippen molar-refractivity contribution >= 4 is 45.5 Å². The number of piperidine rings is 1. The molecule has 2 aromatic carbocycles. The van der Waals surface area contributed by atoms with Crippen LogP contribution in [-0.4, -0.2) is 68.7 Å². The van der Waals surface area contributed by atoms with Gasteiger partial charge in [-0.3, -0.25) is 9.35 Å². The Morgan fingerprint density at radius 2 is 1.94 bits per heavy atom. The van der Waals surface area contributed by atoms with Crippen LogP contribution in [0, 0.1) is 0 Å². The van der Waals surface area contributed by atoms with Crippen LogP contribution in [0.2, 0.25) is 0 Å². The Labute approximate surface area is 206 Å². The smallest absolute Gasteiger partial charge is 0.323 e. The molecule has 0 aliphatic carbocycles. The van der Waals surface area contributed by atoms with E-state index in [1.54, 1.807) is 36.4 Å². The number of nitrogens with one attached hydrogen (secondary N) is 4. The van der Waals surface area contributed by atoms with Gasteiger partial charge in [-0.15, -0.1) is 0 Å². The zero-order valence-electron chi connectivity index (χ0n) is 19.7. The average molecular weight is 499 g/mol. The summed E-state index contributed by atoms with van der Waals surface area (Å²) < 4.78 is 21.9. The molecule has 11 heteroatoms. The van der Waals surface area contributed by atoms with Gasteiger partial charge in [-0.2, -0.15) is 0 Å². The van der Waals surface area contributed by atoms with Gasteiger partial charge in [0.25, 0.3) is 5.91 Å². The number of carbonyl (C=O) groups excluding carboxylic acids is 2. The van der Waals surface area contributed by atoms with E-state index in [-0.39, 0.29) is 12.5 Å². The number of hydrogen-bond donors (Lipinski definition) is 5. The molecular formula is C24H30N6O4S. The molecule has 0 radical (unpaired) electrons. The normalized spacial score (nSPS) is 16.9. The van der Waals surface area contributed by atoms with Crippen LogP contribution in [0.5, 0.6) is 0 Å². The monoisotopic (exact) mass is 498 g/mol. The molecule has 3 amide bonds. The van der Waals surface area contributed by atoms with Crippen molar-refractivity contribution < 1.29 is 18.4 Å². The average Bonchev–Trinajstić information content (AvgIpc) is 3.28. The molecule has 5 N–H and O–H groups in total. The summed E-state index contributed by atoms with van der Waals surface area (Å²) in [6.07, 6.45) is 2.05. The Kier molecular flexibility index (Phi) is 7.81. The van der Waals surface area contributed by atoms with Crippen LogP contribution in [0.4, 0.5) is 16.2 Å². The number of urea groups is 1. The number of anilines is 2. The van der Waals surface area contributed by atoms with E-state index < -0.39 is 17.3 Å². The van der Waals surface area contributed by atoms with Gasteiger partial charge in [0.1, 0.15) is 5.69 Å². The summed E-state index contributed by atoms with van der Waals surface area (Å²) in [6.45, 7) is 1.67. The SMILES string of the molecule is CN(C)C1CCCN(C(=O)c2cc3c(NC(=O)Nc4ccc(CNS(=O)O)cc4)cccc3[nH]2)C1. The predicted molar refractivity (Wildman–Crippen MR) is 138 cm³/mol. The van der Waals surface area contributed by atoms with Crippen LogP contribution in [0.25, 0.3) is 10.9 Å². The lowest BCUT2D eigenvalue weighted by Gasteiger charge is -2.35. The largest absolute Gasteiger partial charge is 0.350 e. The van der Waals surface area contributed by atoms with Gasteiger partial charge in [0.15, 0.2) is 0 Å². The van der Waals surface area contributed by atoms with Crippen molar-refractivity contribution in [2.75, 3.05) is 37.8 Å². The molecule has 0 spiro atoms. The predicted octanol–water partition coefficient (Wildman–Crippen LogP) is 3.20. The number of aromatic nitrogens is 1. The molecule has 1 aliphatic rings. The van der Waals surface area contributed by atoms with Crippen LogP contribution in [0.3, 0.4) is 0 Å². The summed E-state index contributed by atoms with van der Waals surface area (Å²) >= 11 is -2.08. The first-order valence-corrected chi connectivity index (χ1v) is 12.5. The summed E-state index contributed by atoms with van der Waals surface area (Å²) in [5.74, 6) is -0.0391. The Morgan fingerprint density at radius 1 is 1.17 bits per heavy atom. The first-order chi connectivity index (χ1) is 16.8. The molecule has 2 heterocycles. The van der Waals surface area contributed by atoms with Gasteiger partial charge in [-0.05, 0) is 62.8 Å². The van der Waals surface area contributed by atoms with Crippen LogP contribution in [0.1, 0.15) is 28.9 Å².